The highest BCUT2D eigenvalue weighted by Crippen LogP contribution is 2.19. The first-order chi connectivity index (χ1) is 8.08. The van der Waals surface area contributed by atoms with Crippen LogP contribution in [0, 0.1) is 5.41 Å². The van der Waals surface area contributed by atoms with Crippen LogP contribution in [0.1, 0.15) is 48.0 Å². The highest BCUT2D eigenvalue weighted by atomic mass is 16.4. The van der Waals surface area contributed by atoms with Crippen molar-refractivity contribution < 1.29 is 14.7 Å². The van der Waals surface area contributed by atoms with Crippen LogP contribution in [-0.4, -0.2) is 40.6 Å². The molecule has 0 aliphatic heterocycles. The number of carboxylic acid groups (broad SMARTS) is 1. The molecule has 0 spiro atoms. The van der Waals surface area contributed by atoms with Crippen LogP contribution < -0.4 is 5.32 Å². The molecule has 2 amide bonds. The SMILES string of the molecule is CCN(C(=O)NCC(C)(C)CC)C(C)(C)C(=O)O. The normalized spacial score (nSPS) is 12.1. The number of amides is 2. The first-order valence-corrected chi connectivity index (χ1v) is 6.37. The molecular formula is C13H26N2O3. The van der Waals surface area contributed by atoms with Crippen molar-refractivity contribution in [3.8, 4) is 0 Å². The van der Waals surface area contributed by atoms with Crippen molar-refractivity contribution in [2.75, 3.05) is 13.1 Å². The molecule has 0 bridgehead atoms. The first-order valence-electron chi connectivity index (χ1n) is 6.37. The van der Waals surface area contributed by atoms with Crippen LogP contribution in [0.2, 0.25) is 0 Å². The van der Waals surface area contributed by atoms with E-state index in [2.05, 4.69) is 26.1 Å². The molecular weight excluding hydrogens is 232 g/mol. The van der Waals surface area contributed by atoms with E-state index in [4.69, 9.17) is 5.11 Å². The fourth-order valence-corrected chi connectivity index (χ4v) is 1.44. The molecule has 0 atom stereocenters. The fraction of sp³-hybridized carbons (Fsp3) is 0.846. The summed E-state index contributed by atoms with van der Waals surface area (Å²) < 4.78 is 0. The maximum Gasteiger partial charge on any atom is 0.329 e. The molecule has 0 fully saturated rings. The van der Waals surface area contributed by atoms with Gasteiger partial charge >= 0.3 is 12.0 Å². The van der Waals surface area contributed by atoms with E-state index >= 15 is 0 Å². The van der Waals surface area contributed by atoms with Gasteiger partial charge in [0, 0.05) is 13.1 Å². The smallest absolute Gasteiger partial charge is 0.329 e. The van der Waals surface area contributed by atoms with Crippen LogP contribution >= 0.6 is 0 Å². The van der Waals surface area contributed by atoms with E-state index in [1.807, 2.05) is 0 Å². The number of carboxylic acids is 1. The summed E-state index contributed by atoms with van der Waals surface area (Å²) in [5, 5.41) is 12.0. The van der Waals surface area contributed by atoms with Crippen LogP contribution in [0.25, 0.3) is 0 Å². The van der Waals surface area contributed by atoms with E-state index in [1.54, 1.807) is 6.92 Å². The van der Waals surface area contributed by atoms with Gasteiger partial charge in [-0.3, -0.25) is 0 Å². The third kappa shape index (κ3) is 4.20. The third-order valence-corrected chi connectivity index (χ3v) is 3.43. The number of nitrogens with zero attached hydrogens (tertiary/aromatic N) is 1. The Morgan fingerprint density at radius 1 is 1.17 bits per heavy atom. The van der Waals surface area contributed by atoms with Gasteiger partial charge in [0.05, 0.1) is 0 Å². The standard InChI is InChI=1S/C13H26N2O3/c1-7-12(3,4)9-14-11(18)15(8-2)13(5,6)10(16)17/h7-9H2,1-6H3,(H,14,18)(H,16,17). The largest absolute Gasteiger partial charge is 0.480 e. The second-order valence-electron chi connectivity index (χ2n) is 5.78. The van der Waals surface area contributed by atoms with Crippen LogP contribution in [0.5, 0.6) is 0 Å². The highest BCUT2D eigenvalue weighted by molar-refractivity contribution is 5.85. The summed E-state index contributed by atoms with van der Waals surface area (Å²) in [5.41, 5.74) is -1.18. The van der Waals surface area contributed by atoms with Gasteiger partial charge in [-0.15, -0.1) is 0 Å². The molecule has 0 aliphatic rings. The van der Waals surface area contributed by atoms with E-state index in [0.717, 1.165) is 6.42 Å². The monoisotopic (exact) mass is 258 g/mol. The van der Waals surface area contributed by atoms with E-state index in [9.17, 15) is 9.59 Å². The Balaban J connectivity index is 4.70. The molecule has 0 saturated heterocycles. The van der Waals surface area contributed by atoms with Gasteiger partial charge in [0.25, 0.3) is 0 Å². The lowest BCUT2D eigenvalue weighted by Gasteiger charge is -2.35. The minimum Gasteiger partial charge on any atom is -0.480 e. The second kappa shape index (κ2) is 6.07. The second-order valence-corrected chi connectivity index (χ2v) is 5.78. The lowest BCUT2D eigenvalue weighted by Crippen LogP contribution is -2.56. The topological polar surface area (TPSA) is 69.6 Å². The summed E-state index contributed by atoms with van der Waals surface area (Å²) in [6, 6.07) is -0.327. The lowest BCUT2D eigenvalue weighted by molar-refractivity contribution is -0.147. The number of carbonyl (C=O) groups is 2. The van der Waals surface area contributed by atoms with E-state index in [-0.39, 0.29) is 11.4 Å². The van der Waals surface area contributed by atoms with Crippen LogP contribution in [0.15, 0.2) is 0 Å². The van der Waals surface area contributed by atoms with Gasteiger partial charge in [0.2, 0.25) is 0 Å². The van der Waals surface area contributed by atoms with Gasteiger partial charge in [-0.1, -0.05) is 20.8 Å². The Morgan fingerprint density at radius 3 is 2.00 bits per heavy atom. The molecule has 0 heterocycles. The molecule has 0 radical (unpaired) electrons. The predicted molar refractivity (Wildman–Crippen MR) is 71.6 cm³/mol. The van der Waals surface area contributed by atoms with Crippen molar-refractivity contribution in [2.45, 2.75) is 53.5 Å². The van der Waals surface area contributed by atoms with Gasteiger partial charge in [-0.2, -0.15) is 0 Å². The Labute approximate surface area is 110 Å². The third-order valence-electron chi connectivity index (χ3n) is 3.43. The number of rotatable bonds is 6. The van der Waals surface area contributed by atoms with Crippen molar-refractivity contribution in [3.63, 3.8) is 0 Å². The van der Waals surface area contributed by atoms with Crippen molar-refractivity contribution in [1.82, 2.24) is 10.2 Å². The zero-order chi connectivity index (χ0) is 14.6. The first kappa shape index (κ1) is 16.7. The Morgan fingerprint density at radius 2 is 1.67 bits per heavy atom. The molecule has 106 valence electrons. The molecule has 0 saturated carbocycles. The van der Waals surface area contributed by atoms with Gasteiger partial charge < -0.3 is 15.3 Å². The number of nitrogens with one attached hydrogen (secondary N) is 1. The molecule has 5 nitrogen and oxygen atoms in total. The predicted octanol–water partition coefficient (Wildman–Crippen LogP) is 2.32. The molecule has 18 heavy (non-hydrogen) atoms. The fourth-order valence-electron chi connectivity index (χ4n) is 1.44. The summed E-state index contributed by atoms with van der Waals surface area (Å²) in [7, 11) is 0. The number of hydrogen-bond acceptors (Lipinski definition) is 2. The summed E-state index contributed by atoms with van der Waals surface area (Å²) in [6.45, 7) is 11.9. The Bertz CT molecular complexity index is 311. The summed E-state index contributed by atoms with van der Waals surface area (Å²) in [5.74, 6) is -1.01. The molecule has 0 aromatic heterocycles. The van der Waals surface area contributed by atoms with Crippen LogP contribution in [-0.2, 0) is 4.79 Å². The minimum absolute atomic E-state index is 0.0163. The van der Waals surface area contributed by atoms with Crippen molar-refractivity contribution in [3.05, 3.63) is 0 Å². The van der Waals surface area contributed by atoms with E-state index < -0.39 is 11.5 Å². The average molecular weight is 258 g/mol. The molecule has 0 aliphatic carbocycles. The summed E-state index contributed by atoms with van der Waals surface area (Å²) >= 11 is 0. The summed E-state index contributed by atoms with van der Waals surface area (Å²) in [4.78, 5) is 24.5. The number of likely N-dealkylation sites (N-methyl/N-ethyl adjacent to an activating group) is 1. The molecule has 0 rings (SSSR count). The van der Waals surface area contributed by atoms with Gasteiger partial charge in [-0.05, 0) is 32.6 Å². The van der Waals surface area contributed by atoms with Crippen LogP contribution in [0.4, 0.5) is 4.79 Å². The number of aliphatic carboxylic acids is 1. The highest BCUT2D eigenvalue weighted by Gasteiger charge is 2.37. The summed E-state index contributed by atoms with van der Waals surface area (Å²) in [6.07, 6.45) is 0.946. The van der Waals surface area contributed by atoms with Crippen molar-refractivity contribution in [2.24, 2.45) is 5.41 Å². The number of hydrogen-bond donors (Lipinski definition) is 2. The van der Waals surface area contributed by atoms with E-state index in [1.165, 1.54) is 18.7 Å². The maximum atomic E-state index is 12.0. The number of carbonyl (C=O) groups excluding carboxylic acids is 1. The maximum absolute atomic E-state index is 12.0. The number of urea groups is 1. The lowest BCUT2D eigenvalue weighted by atomic mass is 9.90. The molecule has 5 heteroatoms. The quantitative estimate of drug-likeness (QED) is 0.768. The minimum atomic E-state index is -1.20. The Hall–Kier alpha value is -1.26. The average Bonchev–Trinajstić information content (AvgIpc) is 2.27. The zero-order valence-corrected chi connectivity index (χ0v) is 12.3. The molecule has 0 unspecified atom stereocenters. The van der Waals surface area contributed by atoms with Crippen LogP contribution in [0.3, 0.4) is 0 Å². The zero-order valence-electron chi connectivity index (χ0n) is 12.3. The molecule has 2 N–H and O–H groups in total. The van der Waals surface area contributed by atoms with Crippen molar-refractivity contribution >= 4 is 12.0 Å². The van der Waals surface area contributed by atoms with E-state index in [0.29, 0.717) is 13.1 Å². The molecule has 0 aromatic rings. The van der Waals surface area contributed by atoms with Gasteiger partial charge in [-0.25, -0.2) is 9.59 Å². The Kier molecular flexibility index (Phi) is 5.64. The van der Waals surface area contributed by atoms with Gasteiger partial charge in [0.1, 0.15) is 5.54 Å². The van der Waals surface area contributed by atoms with Gasteiger partial charge in [0.15, 0.2) is 0 Å². The molecule has 0 aromatic carbocycles. The van der Waals surface area contributed by atoms with Crippen molar-refractivity contribution in [1.29, 1.82) is 0 Å².